The van der Waals surface area contributed by atoms with Crippen molar-refractivity contribution < 1.29 is 14.6 Å². The third-order valence-electron chi connectivity index (χ3n) is 6.17. The zero-order valence-corrected chi connectivity index (χ0v) is 14.1. The molecule has 3 aliphatic rings. The Hall–Kier alpha value is -2.10. The molecule has 1 aromatic rings. The van der Waals surface area contributed by atoms with Crippen LogP contribution in [0.1, 0.15) is 24.8 Å². The van der Waals surface area contributed by atoms with E-state index in [0.29, 0.717) is 38.3 Å². The number of para-hydroxylation sites is 1. The predicted octanol–water partition coefficient (Wildman–Crippen LogP) is 1.04. The molecule has 2 aliphatic heterocycles. The lowest BCUT2D eigenvalue weighted by molar-refractivity contribution is -0.157. The first-order valence-electron chi connectivity index (χ1n) is 8.94. The van der Waals surface area contributed by atoms with Crippen molar-refractivity contribution in [2.24, 2.45) is 11.3 Å². The monoisotopic (exact) mass is 341 g/mol. The number of rotatable bonds is 3. The fourth-order valence-electron chi connectivity index (χ4n) is 4.37. The minimum absolute atomic E-state index is 0.0543. The van der Waals surface area contributed by atoms with Crippen molar-refractivity contribution in [2.75, 3.05) is 31.2 Å². The fraction of sp³-hybridized carbons (Fsp3) is 0.579. The highest BCUT2D eigenvalue weighted by Gasteiger charge is 2.55. The van der Waals surface area contributed by atoms with Crippen molar-refractivity contribution in [1.82, 2.24) is 5.32 Å². The maximum Gasteiger partial charge on any atom is 0.226 e. The van der Waals surface area contributed by atoms with E-state index in [9.17, 15) is 15.2 Å². The van der Waals surface area contributed by atoms with Gasteiger partial charge in [0.2, 0.25) is 5.91 Å². The molecule has 3 fully saturated rings. The zero-order valence-electron chi connectivity index (χ0n) is 14.1. The van der Waals surface area contributed by atoms with E-state index >= 15 is 0 Å². The van der Waals surface area contributed by atoms with Crippen LogP contribution >= 0.6 is 0 Å². The summed E-state index contributed by atoms with van der Waals surface area (Å²) in [5.41, 5.74) is 1.35. The van der Waals surface area contributed by atoms with Gasteiger partial charge in [0.05, 0.1) is 23.3 Å². The second-order valence-electron chi connectivity index (χ2n) is 7.39. The summed E-state index contributed by atoms with van der Waals surface area (Å²) in [5.74, 6) is 0.00911. The molecule has 2 saturated heterocycles. The van der Waals surface area contributed by atoms with E-state index in [0.717, 1.165) is 18.5 Å². The molecule has 6 nitrogen and oxygen atoms in total. The molecule has 4 rings (SSSR count). The second-order valence-corrected chi connectivity index (χ2v) is 7.39. The van der Waals surface area contributed by atoms with E-state index in [1.54, 1.807) is 6.07 Å². The number of aliphatic hydroxyl groups excluding tert-OH is 1. The minimum atomic E-state index is -0.331. The highest BCUT2D eigenvalue weighted by Crippen LogP contribution is 2.49. The van der Waals surface area contributed by atoms with E-state index in [-0.39, 0.29) is 29.4 Å². The van der Waals surface area contributed by atoms with Crippen molar-refractivity contribution in [3.05, 3.63) is 29.8 Å². The zero-order chi connectivity index (χ0) is 17.4. The molecule has 1 amide bonds. The lowest BCUT2D eigenvalue weighted by atomic mass is 9.57. The van der Waals surface area contributed by atoms with E-state index in [1.807, 2.05) is 18.2 Å². The summed E-state index contributed by atoms with van der Waals surface area (Å²) >= 11 is 0. The number of hydrogen-bond donors (Lipinski definition) is 2. The van der Waals surface area contributed by atoms with Crippen LogP contribution in [-0.2, 0) is 9.53 Å². The Morgan fingerprint density at radius 1 is 1.32 bits per heavy atom. The van der Waals surface area contributed by atoms with Crippen LogP contribution in [0.4, 0.5) is 5.69 Å². The average Bonchev–Trinajstić information content (AvgIpc) is 2.61. The Morgan fingerprint density at radius 3 is 2.72 bits per heavy atom. The van der Waals surface area contributed by atoms with Crippen molar-refractivity contribution >= 4 is 11.6 Å². The van der Waals surface area contributed by atoms with Gasteiger partial charge in [0, 0.05) is 37.8 Å². The van der Waals surface area contributed by atoms with Gasteiger partial charge in [-0.2, -0.15) is 5.26 Å². The molecule has 1 saturated carbocycles. The molecule has 0 radical (unpaired) electrons. The normalized spacial score (nSPS) is 27.9. The quantitative estimate of drug-likeness (QED) is 0.858. The molecule has 2 heterocycles. The first-order chi connectivity index (χ1) is 12.1. The lowest BCUT2D eigenvalue weighted by Crippen LogP contribution is -2.67. The number of nitrogens with one attached hydrogen (secondary N) is 1. The Balaban J connectivity index is 1.34. The van der Waals surface area contributed by atoms with E-state index < -0.39 is 0 Å². The lowest BCUT2D eigenvalue weighted by Gasteiger charge is -2.56. The second kappa shape index (κ2) is 6.32. The molecular formula is C19H23N3O3. The van der Waals surface area contributed by atoms with Gasteiger partial charge >= 0.3 is 0 Å². The van der Waals surface area contributed by atoms with E-state index in [2.05, 4.69) is 16.3 Å². The van der Waals surface area contributed by atoms with Gasteiger partial charge in [-0.1, -0.05) is 12.1 Å². The van der Waals surface area contributed by atoms with Crippen LogP contribution in [-0.4, -0.2) is 49.5 Å². The number of carbonyl (C=O) groups excluding carboxylic acids is 1. The first-order valence-corrected chi connectivity index (χ1v) is 8.94. The van der Waals surface area contributed by atoms with Gasteiger partial charge in [-0.3, -0.25) is 4.79 Å². The van der Waals surface area contributed by atoms with Crippen LogP contribution in [0.15, 0.2) is 24.3 Å². The number of nitrogens with zero attached hydrogens (tertiary/aromatic N) is 2. The number of hydrogen-bond acceptors (Lipinski definition) is 5. The number of carbonyl (C=O) groups is 1. The molecule has 25 heavy (non-hydrogen) atoms. The Labute approximate surface area is 147 Å². The molecule has 2 atom stereocenters. The summed E-state index contributed by atoms with van der Waals surface area (Å²) in [7, 11) is 0. The van der Waals surface area contributed by atoms with Gasteiger partial charge in [-0.25, -0.2) is 0 Å². The molecule has 2 N–H and O–H groups in total. The maximum absolute atomic E-state index is 12.6. The minimum Gasteiger partial charge on any atom is -0.392 e. The van der Waals surface area contributed by atoms with E-state index in [4.69, 9.17) is 4.74 Å². The number of aliphatic hydroxyl groups is 1. The summed E-state index contributed by atoms with van der Waals surface area (Å²) in [6.45, 7) is 2.59. The van der Waals surface area contributed by atoms with Gasteiger partial charge in [0.1, 0.15) is 6.07 Å². The summed E-state index contributed by atoms with van der Waals surface area (Å²) in [4.78, 5) is 14.6. The Kier molecular flexibility index (Phi) is 4.14. The summed E-state index contributed by atoms with van der Waals surface area (Å²) in [6.07, 6.45) is 1.93. The van der Waals surface area contributed by atoms with Gasteiger partial charge in [-0.05, 0) is 31.4 Å². The van der Waals surface area contributed by atoms with Crippen LogP contribution in [0.3, 0.4) is 0 Å². The molecule has 132 valence electrons. The molecule has 1 aliphatic carbocycles. The molecule has 1 spiro atoms. The van der Waals surface area contributed by atoms with Crippen LogP contribution in [0, 0.1) is 22.7 Å². The van der Waals surface area contributed by atoms with Crippen molar-refractivity contribution in [2.45, 2.75) is 31.4 Å². The van der Waals surface area contributed by atoms with Crippen molar-refractivity contribution in [3.8, 4) is 6.07 Å². The molecule has 0 unspecified atom stereocenters. The molecule has 0 aromatic heterocycles. The van der Waals surface area contributed by atoms with Crippen molar-refractivity contribution in [3.63, 3.8) is 0 Å². The third kappa shape index (κ3) is 2.68. The Bertz CT molecular complexity index is 702. The molecule has 1 aromatic carbocycles. The average molecular weight is 341 g/mol. The molecular weight excluding hydrogens is 318 g/mol. The van der Waals surface area contributed by atoms with Crippen LogP contribution in [0.5, 0.6) is 0 Å². The van der Waals surface area contributed by atoms with Crippen molar-refractivity contribution in [1.29, 1.82) is 5.26 Å². The third-order valence-corrected chi connectivity index (χ3v) is 6.17. The fourth-order valence-corrected chi connectivity index (χ4v) is 4.37. The smallest absolute Gasteiger partial charge is 0.226 e. The van der Waals surface area contributed by atoms with Gasteiger partial charge in [0.25, 0.3) is 0 Å². The Morgan fingerprint density at radius 2 is 2.04 bits per heavy atom. The van der Waals surface area contributed by atoms with E-state index in [1.165, 1.54) is 0 Å². The molecule has 6 heteroatoms. The summed E-state index contributed by atoms with van der Waals surface area (Å²) < 4.78 is 5.41. The number of nitriles is 1. The topological polar surface area (TPSA) is 85.6 Å². The maximum atomic E-state index is 12.6. The first kappa shape index (κ1) is 16.4. The highest BCUT2D eigenvalue weighted by atomic mass is 16.5. The largest absolute Gasteiger partial charge is 0.392 e. The number of benzene rings is 1. The standard InChI is InChI=1S/C19H23N3O3/c20-10-13-3-1-2-4-15(13)22-11-14(12-22)18(24)21-16-9-17(23)19(16)5-7-25-8-6-19/h1-4,14,16-17,23H,5-9,11-12H2,(H,21,24)/t16-,17-/m1/s1. The number of amides is 1. The van der Waals surface area contributed by atoms with Gasteiger partial charge in [-0.15, -0.1) is 0 Å². The molecule has 0 bridgehead atoms. The SMILES string of the molecule is N#Cc1ccccc1N1CC(C(=O)N[C@@H]2C[C@@H](O)C23CCOCC3)C1. The summed E-state index contributed by atoms with van der Waals surface area (Å²) in [6, 6.07) is 9.74. The predicted molar refractivity (Wildman–Crippen MR) is 91.9 cm³/mol. The number of ether oxygens (including phenoxy) is 1. The van der Waals surface area contributed by atoms with Crippen LogP contribution in [0.2, 0.25) is 0 Å². The number of anilines is 1. The van der Waals surface area contributed by atoms with Crippen LogP contribution < -0.4 is 10.2 Å². The van der Waals surface area contributed by atoms with Crippen LogP contribution in [0.25, 0.3) is 0 Å². The highest BCUT2D eigenvalue weighted by molar-refractivity contribution is 5.83. The van der Waals surface area contributed by atoms with Gasteiger partial charge < -0.3 is 20.1 Å². The van der Waals surface area contributed by atoms with Gasteiger partial charge in [0.15, 0.2) is 0 Å². The summed E-state index contributed by atoms with van der Waals surface area (Å²) in [5, 5.41) is 22.6.